The fraction of sp³-hybridized carbons (Fsp3) is 0.727. The normalized spacial score (nSPS) is 28.1. The predicted octanol–water partition coefficient (Wildman–Crippen LogP) is 0.905. The Morgan fingerprint density at radius 3 is 2.56 bits per heavy atom. The second-order valence-electron chi connectivity index (χ2n) is 8.51. The van der Waals surface area contributed by atoms with Crippen molar-refractivity contribution in [2.75, 3.05) is 36.9 Å². The van der Waals surface area contributed by atoms with Crippen molar-refractivity contribution in [3.05, 3.63) is 23.3 Å². The van der Waals surface area contributed by atoms with E-state index >= 15 is 0 Å². The van der Waals surface area contributed by atoms with E-state index in [-0.39, 0.29) is 26.7 Å². The molecule has 4 nitrogen and oxygen atoms in total. The number of halogens is 1. The molecule has 27 heavy (non-hydrogen) atoms. The summed E-state index contributed by atoms with van der Waals surface area (Å²) >= 11 is 0.162. The molecule has 2 aliphatic heterocycles. The first-order valence-electron chi connectivity index (χ1n) is 9.98. The van der Waals surface area contributed by atoms with E-state index in [1.54, 1.807) is 14.2 Å². The van der Waals surface area contributed by atoms with Crippen molar-refractivity contribution in [3.63, 3.8) is 0 Å². The first-order chi connectivity index (χ1) is 12.9. The Morgan fingerprint density at radius 1 is 1.22 bits per heavy atom. The average Bonchev–Trinajstić information content (AvgIpc) is 2.65. The zero-order valence-electron chi connectivity index (χ0n) is 17.7. The van der Waals surface area contributed by atoms with Gasteiger partial charge in [0.25, 0.3) is 0 Å². The molecular formula is C22H35INO3-. The molecule has 154 valence electrons. The number of piperidine rings is 1. The van der Waals surface area contributed by atoms with Crippen molar-refractivity contribution in [1.82, 2.24) is 4.90 Å². The van der Waals surface area contributed by atoms with Crippen LogP contribution < -0.4 is 30.7 Å². The zero-order valence-corrected chi connectivity index (χ0v) is 19.8. The van der Waals surface area contributed by atoms with Gasteiger partial charge in [-0.1, -0.05) is 0 Å². The Bertz CT molecular complexity index is 651. The monoisotopic (exact) mass is 488 g/mol. The third-order valence-corrected chi connectivity index (χ3v) is 7.26. The molecule has 1 aromatic rings. The number of hydrogen-bond acceptors (Lipinski definition) is 4. The molecule has 0 aliphatic carbocycles. The van der Waals surface area contributed by atoms with Gasteiger partial charge in [-0.05, 0) is 0 Å². The topological polar surface area (TPSA) is 30.9 Å². The van der Waals surface area contributed by atoms with Gasteiger partial charge in [-0.2, -0.15) is 0 Å². The van der Waals surface area contributed by atoms with Gasteiger partial charge >= 0.3 is 175 Å². The number of methoxy groups -OCH3 is 2. The van der Waals surface area contributed by atoms with Gasteiger partial charge in [0.05, 0.1) is 0 Å². The van der Waals surface area contributed by atoms with Gasteiger partial charge in [0.15, 0.2) is 0 Å². The van der Waals surface area contributed by atoms with Crippen molar-refractivity contribution < 1.29 is 35.4 Å². The van der Waals surface area contributed by atoms with E-state index in [0.717, 1.165) is 42.0 Å². The van der Waals surface area contributed by atoms with E-state index in [4.69, 9.17) is 14.2 Å². The van der Waals surface area contributed by atoms with E-state index in [9.17, 15) is 0 Å². The van der Waals surface area contributed by atoms with Crippen molar-refractivity contribution >= 4 is 0 Å². The van der Waals surface area contributed by atoms with Crippen LogP contribution in [0.25, 0.3) is 0 Å². The molecule has 3 atom stereocenters. The van der Waals surface area contributed by atoms with Crippen LogP contribution in [0.15, 0.2) is 12.1 Å². The van der Waals surface area contributed by atoms with Crippen molar-refractivity contribution in [2.24, 2.45) is 11.8 Å². The van der Waals surface area contributed by atoms with Crippen molar-refractivity contribution in [3.8, 4) is 11.5 Å². The molecule has 0 saturated carbocycles. The molecule has 0 bridgehead atoms. The van der Waals surface area contributed by atoms with Gasteiger partial charge in [0, 0.05) is 0 Å². The summed E-state index contributed by atoms with van der Waals surface area (Å²) in [6, 6.07) is 4.40. The second kappa shape index (κ2) is 8.87. The van der Waals surface area contributed by atoms with Crippen molar-refractivity contribution in [1.29, 1.82) is 0 Å². The molecule has 0 radical (unpaired) electrons. The fourth-order valence-electron chi connectivity index (χ4n) is 4.96. The molecular weight excluding hydrogens is 453 g/mol. The van der Waals surface area contributed by atoms with Gasteiger partial charge in [-0.15, -0.1) is 0 Å². The Balaban J connectivity index is 1.95. The zero-order chi connectivity index (χ0) is 19.6. The van der Waals surface area contributed by atoms with Gasteiger partial charge in [0.2, 0.25) is 0 Å². The van der Waals surface area contributed by atoms with Crippen LogP contribution in [0, 0.1) is 11.8 Å². The first kappa shape index (κ1) is 21.2. The number of benzene rings is 1. The van der Waals surface area contributed by atoms with Gasteiger partial charge in [0.1, 0.15) is 0 Å². The average molecular weight is 488 g/mol. The van der Waals surface area contributed by atoms with Crippen LogP contribution in [0.2, 0.25) is 0 Å². The van der Waals surface area contributed by atoms with E-state index in [2.05, 4.69) is 42.7 Å². The molecule has 0 aromatic heterocycles. The summed E-state index contributed by atoms with van der Waals surface area (Å²) in [4.78, 5) is 5.01. The molecule has 3 rings (SSSR count). The quantitative estimate of drug-likeness (QED) is 0.422. The maximum atomic E-state index is 6.44. The van der Waals surface area contributed by atoms with E-state index in [0.29, 0.717) is 17.9 Å². The number of ether oxygens (including phenoxy) is 3. The Morgan fingerprint density at radius 2 is 1.93 bits per heavy atom. The summed E-state index contributed by atoms with van der Waals surface area (Å²) in [5, 5.41) is 0. The number of fused-ring (bicyclic) bond motifs is 3. The molecule has 1 unspecified atom stereocenters. The Labute approximate surface area is 175 Å². The van der Waals surface area contributed by atoms with Crippen LogP contribution in [0.1, 0.15) is 44.7 Å². The molecule has 5 heteroatoms. The Kier molecular flexibility index (Phi) is 6.96. The minimum atomic E-state index is 0.0113. The SMILES string of the molecule is COc1cc2c(cc1OC)C1(C)C[C@H](OC[I-]C)[C@@H](CC(C)C)CN1CC2. The van der Waals surface area contributed by atoms with Gasteiger partial charge in [-0.25, -0.2) is 0 Å². The standard InChI is InChI=1S/C22H35INO3/c1-15(2)9-17-13-24-8-7-16-10-19(25-5)20(26-6)11-18(16)22(24,3)12-21(17)27-14-23-4/h10-11,15,17,21H,7-9,12-14H2,1-6H3/q-1/t17-,21-,22?/m0/s1. The van der Waals surface area contributed by atoms with Crippen molar-refractivity contribution in [2.45, 2.75) is 51.7 Å². The number of nitrogens with zero attached hydrogens (tertiary/aromatic N) is 1. The molecule has 1 saturated heterocycles. The summed E-state index contributed by atoms with van der Waals surface area (Å²) in [5.74, 6) is 3.02. The Hall–Kier alpha value is -0.530. The third kappa shape index (κ3) is 4.25. The third-order valence-electron chi connectivity index (χ3n) is 6.28. The molecule has 2 heterocycles. The number of alkyl halides is 2. The summed E-state index contributed by atoms with van der Waals surface area (Å²) in [6.45, 7) is 9.32. The van der Waals surface area contributed by atoms with E-state index in [1.165, 1.54) is 17.5 Å². The fourth-order valence-corrected chi connectivity index (χ4v) is 5.78. The molecule has 1 aromatic carbocycles. The first-order valence-corrected chi connectivity index (χ1v) is 13.7. The van der Waals surface area contributed by atoms with Gasteiger partial charge in [-0.3, -0.25) is 0 Å². The van der Waals surface area contributed by atoms with E-state index in [1.807, 2.05) is 0 Å². The summed E-state index contributed by atoms with van der Waals surface area (Å²) in [5.41, 5.74) is 2.81. The maximum absolute atomic E-state index is 6.44. The number of rotatable bonds is 7. The summed E-state index contributed by atoms with van der Waals surface area (Å²) in [6.07, 6.45) is 3.74. The minimum absolute atomic E-state index is 0.0113. The van der Waals surface area contributed by atoms with Crippen LogP contribution in [0.3, 0.4) is 0 Å². The van der Waals surface area contributed by atoms with Gasteiger partial charge < -0.3 is 0 Å². The molecule has 0 amide bonds. The van der Waals surface area contributed by atoms with Crippen LogP contribution in [-0.2, 0) is 16.7 Å². The molecule has 0 spiro atoms. The molecule has 1 fully saturated rings. The van der Waals surface area contributed by atoms with Crippen LogP contribution >= 0.6 is 0 Å². The summed E-state index contributed by atoms with van der Waals surface area (Å²) in [7, 11) is 3.44. The van der Waals surface area contributed by atoms with Crippen LogP contribution in [0.5, 0.6) is 11.5 Å². The predicted molar refractivity (Wildman–Crippen MR) is 105 cm³/mol. The van der Waals surface area contributed by atoms with Crippen LogP contribution in [0.4, 0.5) is 0 Å². The van der Waals surface area contributed by atoms with E-state index < -0.39 is 0 Å². The molecule has 2 aliphatic rings. The molecule has 0 N–H and O–H groups in total. The van der Waals surface area contributed by atoms with Crippen LogP contribution in [-0.4, -0.2) is 47.9 Å². The number of hydrogen-bond donors (Lipinski definition) is 0. The second-order valence-corrected chi connectivity index (χ2v) is 10.7. The summed E-state index contributed by atoms with van der Waals surface area (Å²) < 4.78 is 18.6.